The van der Waals surface area contributed by atoms with Crippen LogP contribution >= 0.6 is 0 Å². The van der Waals surface area contributed by atoms with E-state index >= 15 is 0 Å². The molecule has 0 amide bonds. The highest BCUT2D eigenvalue weighted by Crippen LogP contribution is 2.25. The van der Waals surface area contributed by atoms with Crippen molar-refractivity contribution in [1.82, 2.24) is 10.2 Å². The van der Waals surface area contributed by atoms with E-state index in [0.29, 0.717) is 24.2 Å². The first-order valence-electron chi connectivity index (χ1n) is 9.18. The number of rotatable bonds is 6. The van der Waals surface area contributed by atoms with Gasteiger partial charge in [-0.25, -0.2) is 13.2 Å². The van der Waals surface area contributed by atoms with Crippen molar-refractivity contribution in [1.29, 1.82) is 0 Å². The zero-order chi connectivity index (χ0) is 22.0. The van der Waals surface area contributed by atoms with Gasteiger partial charge >= 0.3 is 5.97 Å². The van der Waals surface area contributed by atoms with Crippen molar-refractivity contribution in [3.05, 3.63) is 70.1 Å². The lowest BCUT2D eigenvalue weighted by molar-refractivity contribution is -0.384. The van der Waals surface area contributed by atoms with Crippen molar-refractivity contribution in [2.24, 2.45) is 0 Å². The smallest absolute Gasteiger partial charge is 0.338 e. The number of non-ortho nitro benzene ring substituents is 1. The Morgan fingerprint density at radius 3 is 2.45 bits per heavy atom. The van der Waals surface area contributed by atoms with Crippen molar-refractivity contribution >= 4 is 27.4 Å². The second-order valence-corrected chi connectivity index (χ2v) is 8.68. The van der Waals surface area contributed by atoms with Gasteiger partial charge in [0.1, 0.15) is 0 Å². The van der Waals surface area contributed by atoms with Crippen molar-refractivity contribution in [2.75, 3.05) is 16.6 Å². The zero-order valence-corrected chi connectivity index (χ0v) is 16.8. The maximum Gasteiger partial charge on any atom is 0.338 e. The molecular formula is C19H16N4O7S. The number of ether oxygens (including phenoxy) is 1. The first-order valence-corrected chi connectivity index (χ1v) is 10.8. The summed E-state index contributed by atoms with van der Waals surface area (Å²) in [6.45, 7) is 0.154. The van der Waals surface area contributed by atoms with Gasteiger partial charge in [0.15, 0.2) is 6.61 Å². The fraction of sp³-hybridized carbons (Fsp3) is 0.211. The minimum atomic E-state index is -3.29. The van der Waals surface area contributed by atoms with E-state index in [1.165, 1.54) is 40.7 Å². The number of nitrogens with zero attached hydrogens (tertiary/aromatic N) is 4. The highest BCUT2D eigenvalue weighted by molar-refractivity contribution is 7.93. The average molecular weight is 444 g/mol. The van der Waals surface area contributed by atoms with Gasteiger partial charge in [0.05, 0.1) is 21.9 Å². The molecule has 2 aromatic carbocycles. The van der Waals surface area contributed by atoms with Crippen LogP contribution in [0.25, 0.3) is 11.5 Å². The van der Waals surface area contributed by atoms with Crippen molar-refractivity contribution in [3.63, 3.8) is 0 Å². The van der Waals surface area contributed by atoms with Gasteiger partial charge in [0.25, 0.3) is 11.6 Å². The minimum Gasteiger partial charge on any atom is -0.452 e. The Labute approximate surface area is 176 Å². The third kappa shape index (κ3) is 4.38. The highest BCUT2D eigenvalue weighted by Gasteiger charge is 2.28. The molecule has 0 radical (unpaired) electrons. The monoisotopic (exact) mass is 444 g/mol. The van der Waals surface area contributed by atoms with Crippen LogP contribution in [0.4, 0.5) is 11.4 Å². The molecule has 0 atom stereocenters. The Kier molecular flexibility index (Phi) is 5.38. The normalized spacial score (nSPS) is 15.0. The van der Waals surface area contributed by atoms with E-state index in [4.69, 9.17) is 9.15 Å². The highest BCUT2D eigenvalue weighted by atomic mass is 32.2. The quantitative estimate of drug-likeness (QED) is 0.318. The SMILES string of the molecule is O=C(OCc1nnc(-c2ccc([N+](=O)[O-])cc2)o1)c1ccc(N2CCCS2(=O)=O)cc1. The minimum absolute atomic E-state index is 0.0569. The number of benzene rings is 2. The molecule has 160 valence electrons. The van der Waals surface area contributed by atoms with Crippen molar-refractivity contribution in [3.8, 4) is 11.5 Å². The van der Waals surface area contributed by atoms with Gasteiger partial charge in [-0.05, 0) is 42.8 Å². The number of carbonyl (C=O) groups excluding carboxylic acids is 1. The van der Waals surface area contributed by atoms with E-state index in [-0.39, 0.29) is 35.4 Å². The molecular weight excluding hydrogens is 428 g/mol. The first kappa shape index (κ1) is 20.5. The number of anilines is 1. The lowest BCUT2D eigenvalue weighted by Gasteiger charge is -2.16. The van der Waals surface area contributed by atoms with E-state index in [0.717, 1.165) is 0 Å². The molecule has 0 saturated carbocycles. The van der Waals surface area contributed by atoms with E-state index in [1.807, 2.05) is 0 Å². The molecule has 0 N–H and O–H groups in total. The molecule has 1 aliphatic heterocycles. The Bertz CT molecular complexity index is 1220. The summed E-state index contributed by atoms with van der Waals surface area (Å²) in [6, 6.07) is 11.7. The molecule has 31 heavy (non-hydrogen) atoms. The van der Waals surface area contributed by atoms with Gasteiger partial charge in [0.2, 0.25) is 15.9 Å². The van der Waals surface area contributed by atoms with Crippen LogP contribution in [0.1, 0.15) is 22.7 Å². The summed E-state index contributed by atoms with van der Waals surface area (Å²) >= 11 is 0. The number of carbonyl (C=O) groups is 1. The summed E-state index contributed by atoms with van der Waals surface area (Å²) < 4.78 is 35.9. The fourth-order valence-corrected chi connectivity index (χ4v) is 4.62. The summed E-state index contributed by atoms with van der Waals surface area (Å²) in [5, 5.41) is 18.3. The van der Waals surface area contributed by atoms with Crippen LogP contribution in [-0.4, -0.2) is 41.8 Å². The Morgan fingerprint density at radius 1 is 1.13 bits per heavy atom. The molecule has 2 heterocycles. The molecule has 0 spiro atoms. The standard InChI is InChI=1S/C19H16N4O7S/c24-19(14-4-6-15(7-5-14)22-10-1-11-31(22,27)28)29-12-17-20-21-18(30-17)13-2-8-16(9-3-13)23(25)26/h2-9H,1,10-12H2. The molecule has 4 rings (SSSR count). The van der Waals surface area contributed by atoms with Crippen LogP contribution < -0.4 is 4.31 Å². The molecule has 1 saturated heterocycles. The van der Waals surface area contributed by atoms with Crippen molar-refractivity contribution < 1.29 is 27.3 Å². The summed E-state index contributed by atoms with van der Waals surface area (Å²) in [5.74, 6) is -0.326. The summed E-state index contributed by atoms with van der Waals surface area (Å²) in [4.78, 5) is 22.4. The van der Waals surface area contributed by atoms with Gasteiger partial charge in [-0.2, -0.15) is 0 Å². The molecule has 1 aliphatic rings. The first-order chi connectivity index (χ1) is 14.8. The molecule has 0 unspecified atom stereocenters. The second kappa shape index (κ2) is 8.14. The number of sulfonamides is 1. The third-order valence-electron chi connectivity index (χ3n) is 4.61. The van der Waals surface area contributed by atoms with E-state index in [2.05, 4.69) is 10.2 Å². The number of aromatic nitrogens is 2. The largest absolute Gasteiger partial charge is 0.452 e. The van der Waals surface area contributed by atoms with E-state index < -0.39 is 20.9 Å². The lowest BCUT2D eigenvalue weighted by atomic mass is 10.2. The number of esters is 1. The van der Waals surface area contributed by atoms with Crippen LogP contribution in [-0.2, 0) is 21.4 Å². The predicted molar refractivity (Wildman–Crippen MR) is 108 cm³/mol. The Morgan fingerprint density at radius 2 is 1.84 bits per heavy atom. The topological polar surface area (TPSA) is 146 Å². The maximum absolute atomic E-state index is 12.2. The van der Waals surface area contributed by atoms with Gasteiger partial charge in [-0.3, -0.25) is 14.4 Å². The van der Waals surface area contributed by atoms with Gasteiger partial charge < -0.3 is 9.15 Å². The van der Waals surface area contributed by atoms with Crippen LogP contribution in [0.2, 0.25) is 0 Å². The Hall–Kier alpha value is -3.80. The fourth-order valence-electron chi connectivity index (χ4n) is 3.06. The van der Waals surface area contributed by atoms with Crippen LogP contribution in [0.15, 0.2) is 52.9 Å². The maximum atomic E-state index is 12.2. The van der Waals surface area contributed by atoms with Crippen molar-refractivity contribution in [2.45, 2.75) is 13.0 Å². The molecule has 0 aliphatic carbocycles. The number of nitro groups is 1. The average Bonchev–Trinajstić information content (AvgIpc) is 3.38. The summed E-state index contributed by atoms with van der Waals surface area (Å²) in [5.41, 5.74) is 1.17. The zero-order valence-electron chi connectivity index (χ0n) is 16.0. The number of hydrogen-bond acceptors (Lipinski definition) is 9. The Balaban J connectivity index is 1.37. The van der Waals surface area contributed by atoms with Gasteiger partial charge in [0, 0.05) is 24.2 Å². The van der Waals surface area contributed by atoms with Crippen LogP contribution in [0.5, 0.6) is 0 Å². The lowest BCUT2D eigenvalue weighted by Crippen LogP contribution is -2.25. The van der Waals surface area contributed by atoms with Gasteiger partial charge in [-0.1, -0.05) is 0 Å². The second-order valence-electron chi connectivity index (χ2n) is 6.67. The molecule has 12 heteroatoms. The number of nitro benzene ring substituents is 1. The molecule has 1 aromatic heterocycles. The molecule has 1 fully saturated rings. The summed E-state index contributed by atoms with van der Waals surface area (Å²) in [7, 11) is -3.29. The predicted octanol–water partition coefficient (Wildman–Crippen LogP) is 2.54. The molecule has 3 aromatic rings. The summed E-state index contributed by atoms with van der Waals surface area (Å²) in [6.07, 6.45) is 0.568. The van der Waals surface area contributed by atoms with Crippen LogP contribution in [0.3, 0.4) is 0 Å². The van der Waals surface area contributed by atoms with E-state index in [1.54, 1.807) is 12.1 Å². The molecule has 0 bridgehead atoms. The van der Waals surface area contributed by atoms with E-state index in [9.17, 15) is 23.3 Å². The molecule has 11 nitrogen and oxygen atoms in total. The van der Waals surface area contributed by atoms with Crippen LogP contribution in [0, 0.1) is 10.1 Å². The number of hydrogen-bond donors (Lipinski definition) is 0. The van der Waals surface area contributed by atoms with Gasteiger partial charge in [-0.15, -0.1) is 10.2 Å². The third-order valence-corrected chi connectivity index (χ3v) is 6.48.